The second kappa shape index (κ2) is 17.2. The first-order chi connectivity index (χ1) is 17.1. The van der Waals surface area contributed by atoms with Crippen molar-refractivity contribution < 1.29 is 19.4 Å². The summed E-state index contributed by atoms with van der Waals surface area (Å²) in [6.45, 7) is 7.95. The van der Waals surface area contributed by atoms with E-state index in [1.54, 1.807) is 12.1 Å². The van der Waals surface area contributed by atoms with Gasteiger partial charge in [0.15, 0.2) is 0 Å². The van der Waals surface area contributed by atoms with E-state index >= 15 is 0 Å². The molecule has 0 heterocycles. The van der Waals surface area contributed by atoms with Crippen LogP contribution in [0, 0.1) is 0 Å². The van der Waals surface area contributed by atoms with Crippen molar-refractivity contribution in [1.82, 2.24) is 0 Å². The summed E-state index contributed by atoms with van der Waals surface area (Å²) in [5, 5.41) is 11.5. The van der Waals surface area contributed by atoms with Crippen molar-refractivity contribution >= 4 is 5.97 Å². The fourth-order valence-corrected chi connectivity index (χ4v) is 4.38. The second-order valence-electron chi connectivity index (χ2n) is 9.41. The second-order valence-corrected chi connectivity index (χ2v) is 9.41. The van der Waals surface area contributed by atoms with Crippen molar-refractivity contribution in [3.8, 4) is 16.9 Å². The van der Waals surface area contributed by atoms with Gasteiger partial charge in [-0.2, -0.15) is 0 Å². The van der Waals surface area contributed by atoms with Crippen LogP contribution in [0.1, 0.15) is 120 Å². The molecule has 0 saturated carbocycles. The zero-order valence-corrected chi connectivity index (χ0v) is 22.2. The molecule has 4 heteroatoms. The summed E-state index contributed by atoms with van der Waals surface area (Å²) in [6.07, 6.45) is 14.0. The topological polar surface area (TPSA) is 58.6 Å². The van der Waals surface area contributed by atoms with Gasteiger partial charge in [-0.25, -0.2) is 0 Å². The van der Waals surface area contributed by atoms with Crippen LogP contribution in [0.2, 0.25) is 0 Å². The van der Waals surface area contributed by atoms with E-state index in [4.69, 9.17) is 9.47 Å². The van der Waals surface area contributed by atoms with Crippen molar-refractivity contribution in [2.75, 3.05) is 13.2 Å². The molecule has 0 spiro atoms. The SMILES string of the molecule is CCCCCCCCOc1ccc(-c2ccc(C(=O)[O-])cc2C(CC)OCCCCCCC)cc1. The molecule has 4 nitrogen and oxygen atoms in total. The predicted octanol–water partition coefficient (Wildman–Crippen LogP) is 7.89. The molecule has 0 radical (unpaired) electrons. The summed E-state index contributed by atoms with van der Waals surface area (Å²) in [6, 6.07) is 13.3. The smallest absolute Gasteiger partial charge is 0.119 e. The summed E-state index contributed by atoms with van der Waals surface area (Å²) < 4.78 is 12.2. The Bertz CT molecular complexity index is 844. The van der Waals surface area contributed by atoms with Crippen LogP contribution in [0.3, 0.4) is 0 Å². The molecule has 0 aliphatic rings. The zero-order chi connectivity index (χ0) is 25.3. The van der Waals surface area contributed by atoms with Gasteiger partial charge in [0.25, 0.3) is 0 Å². The Labute approximate surface area is 213 Å². The number of hydrogen-bond donors (Lipinski definition) is 0. The van der Waals surface area contributed by atoms with E-state index in [0.717, 1.165) is 54.7 Å². The molecule has 194 valence electrons. The van der Waals surface area contributed by atoms with Crippen LogP contribution in [0.15, 0.2) is 42.5 Å². The molecule has 0 bridgehead atoms. The molecule has 0 N–H and O–H groups in total. The van der Waals surface area contributed by atoms with Gasteiger partial charge in [-0.3, -0.25) is 0 Å². The third-order valence-corrected chi connectivity index (χ3v) is 6.50. The number of benzene rings is 2. The van der Waals surface area contributed by atoms with Crippen molar-refractivity contribution in [3.63, 3.8) is 0 Å². The summed E-state index contributed by atoms with van der Waals surface area (Å²) in [5.41, 5.74) is 3.12. The van der Waals surface area contributed by atoms with Gasteiger partial charge in [-0.05, 0) is 59.7 Å². The molecule has 0 aromatic heterocycles. The molecular weight excluding hydrogens is 436 g/mol. The van der Waals surface area contributed by atoms with Gasteiger partial charge in [0.05, 0.1) is 18.7 Å². The number of unbranched alkanes of at least 4 members (excludes halogenated alkanes) is 9. The minimum atomic E-state index is -1.16. The van der Waals surface area contributed by atoms with Crippen LogP contribution in [0.25, 0.3) is 11.1 Å². The molecule has 0 aliphatic carbocycles. The van der Waals surface area contributed by atoms with E-state index in [9.17, 15) is 9.90 Å². The first kappa shape index (κ1) is 28.9. The lowest BCUT2D eigenvalue weighted by molar-refractivity contribution is -0.255. The number of carbonyl (C=O) groups is 1. The Balaban J connectivity index is 2.05. The predicted molar refractivity (Wildman–Crippen MR) is 143 cm³/mol. The van der Waals surface area contributed by atoms with E-state index < -0.39 is 5.97 Å². The molecule has 1 atom stereocenters. The molecular formula is C31H45O4-. The fourth-order valence-electron chi connectivity index (χ4n) is 4.38. The largest absolute Gasteiger partial charge is 0.545 e. The third-order valence-electron chi connectivity index (χ3n) is 6.50. The Morgan fingerprint density at radius 1 is 0.771 bits per heavy atom. The highest BCUT2D eigenvalue weighted by Gasteiger charge is 2.17. The van der Waals surface area contributed by atoms with Gasteiger partial charge >= 0.3 is 0 Å². The van der Waals surface area contributed by atoms with E-state index in [2.05, 4.69) is 20.8 Å². The Morgan fingerprint density at radius 3 is 1.97 bits per heavy atom. The highest BCUT2D eigenvalue weighted by Crippen LogP contribution is 2.34. The maximum atomic E-state index is 11.5. The monoisotopic (exact) mass is 481 g/mol. The molecule has 0 fully saturated rings. The lowest BCUT2D eigenvalue weighted by Crippen LogP contribution is -2.22. The van der Waals surface area contributed by atoms with Crippen LogP contribution in [0.5, 0.6) is 5.75 Å². The number of carboxylic acids is 1. The Morgan fingerprint density at radius 2 is 1.37 bits per heavy atom. The van der Waals surface area contributed by atoms with Gasteiger partial charge < -0.3 is 19.4 Å². The number of carboxylic acid groups (broad SMARTS) is 1. The minimum Gasteiger partial charge on any atom is -0.545 e. The lowest BCUT2D eigenvalue weighted by Gasteiger charge is -2.22. The minimum absolute atomic E-state index is 0.154. The normalized spacial score (nSPS) is 12.0. The van der Waals surface area contributed by atoms with Crippen LogP contribution >= 0.6 is 0 Å². The average Bonchev–Trinajstić information content (AvgIpc) is 2.88. The van der Waals surface area contributed by atoms with Crippen LogP contribution < -0.4 is 9.84 Å². The molecule has 2 aromatic carbocycles. The maximum Gasteiger partial charge on any atom is 0.119 e. The van der Waals surface area contributed by atoms with Gasteiger partial charge in [-0.15, -0.1) is 0 Å². The van der Waals surface area contributed by atoms with Crippen LogP contribution in [-0.2, 0) is 4.74 Å². The number of carbonyl (C=O) groups excluding carboxylic acids is 1. The Kier molecular flexibility index (Phi) is 14.2. The first-order valence-corrected chi connectivity index (χ1v) is 13.8. The molecule has 1 unspecified atom stereocenters. The highest BCUT2D eigenvalue weighted by molar-refractivity contribution is 5.87. The molecule has 0 saturated heterocycles. The third kappa shape index (κ3) is 10.4. The average molecular weight is 482 g/mol. The molecule has 0 aliphatic heterocycles. The van der Waals surface area contributed by atoms with E-state index in [-0.39, 0.29) is 11.7 Å². The number of rotatable bonds is 19. The summed E-state index contributed by atoms with van der Waals surface area (Å²) in [5.74, 6) is -0.295. The van der Waals surface area contributed by atoms with E-state index in [0.29, 0.717) is 6.61 Å². The molecule has 2 rings (SSSR count). The van der Waals surface area contributed by atoms with Gasteiger partial charge in [-0.1, -0.05) is 103 Å². The quantitative estimate of drug-likeness (QED) is 0.191. The van der Waals surface area contributed by atoms with Crippen LogP contribution in [0.4, 0.5) is 0 Å². The molecule has 35 heavy (non-hydrogen) atoms. The van der Waals surface area contributed by atoms with E-state index in [1.807, 2.05) is 30.3 Å². The van der Waals surface area contributed by atoms with Gasteiger partial charge in [0.1, 0.15) is 5.75 Å². The van der Waals surface area contributed by atoms with Crippen LogP contribution in [-0.4, -0.2) is 19.2 Å². The highest BCUT2D eigenvalue weighted by atomic mass is 16.5. The Hall–Kier alpha value is -2.33. The van der Waals surface area contributed by atoms with Gasteiger partial charge in [0.2, 0.25) is 0 Å². The zero-order valence-electron chi connectivity index (χ0n) is 22.2. The summed E-state index contributed by atoms with van der Waals surface area (Å²) in [4.78, 5) is 11.5. The van der Waals surface area contributed by atoms with Crippen molar-refractivity contribution in [3.05, 3.63) is 53.6 Å². The maximum absolute atomic E-state index is 11.5. The standard InChI is InChI=1S/C31H46O4/c1-4-7-9-11-13-14-22-34-27-19-16-25(17-20-27)28-21-18-26(31(32)33)24-29(28)30(6-3)35-23-15-12-10-8-5-2/h16-21,24,30H,4-15,22-23H2,1-3H3,(H,32,33)/p-1. The number of ether oxygens (including phenoxy) is 2. The summed E-state index contributed by atoms with van der Waals surface area (Å²) >= 11 is 0. The lowest BCUT2D eigenvalue weighted by atomic mass is 9.93. The molecule has 2 aromatic rings. The van der Waals surface area contributed by atoms with Crippen molar-refractivity contribution in [2.45, 2.75) is 104 Å². The number of hydrogen-bond acceptors (Lipinski definition) is 4. The molecule has 0 amide bonds. The van der Waals surface area contributed by atoms with Crippen molar-refractivity contribution in [1.29, 1.82) is 0 Å². The van der Waals surface area contributed by atoms with Gasteiger partial charge in [0, 0.05) is 6.61 Å². The van der Waals surface area contributed by atoms with E-state index in [1.165, 1.54) is 51.4 Å². The first-order valence-electron chi connectivity index (χ1n) is 13.8. The van der Waals surface area contributed by atoms with Crippen molar-refractivity contribution in [2.24, 2.45) is 0 Å². The fraction of sp³-hybridized carbons (Fsp3) is 0.581. The number of aromatic carboxylic acids is 1. The summed E-state index contributed by atoms with van der Waals surface area (Å²) in [7, 11) is 0.